The van der Waals surface area contributed by atoms with Crippen LogP contribution in [0.4, 0.5) is 0 Å². The Balaban J connectivity index is 1.63. The number of nitrogens with zero attached hydrogens (tertiary/aromatic N) is 1. The molecule has 0 aromatic carbocycles. The zero-order valence-electron chi connectivity index (χ0n) is 10.7. The van der Waals surface area contributed by atoms with E-state index >= 15 is 0 Å². The topological polar surface area (TPSA) is 32.3 Å². The molecule has 3 heteroatoms. The van der Waals surface area contributed by atoms with Crippen LogP contribution in [0.15, 0.2) is 0 Å². The predicted molar refractivity (Wildman–Crippen MR) is 67.7 cm³/mol. The van der Waals surface area contributed by atoms with Gasteiger partial charge in [0.05, 0.1) is 5.92 Å². The summed E-state index contributed by atoms with van der Waals surface area (Å²) in [4.78, 5) is 14.7. The maximum atomic E-state index is 12.5. The van der Waals surface area contributed by atoms with Gasteiger partial charge in [-0.15, -0.1) is 0 Å². The van der Waals surface area contributed by atoms with Gasteiger partial charge in [0.25, 0.3) is 0 Å². The van der Waals surface area contributed by atoms with E-state index in [-0.39, 0.29) is 5.92 Å². The van der Waals surface area contributed by atoms with Crippen LogP contribution in [-0.2, 0) is 4.79 Å². The highest BCUT2D eigenvalue weighted by Crippen LogP contribution is 2.33. The molecule has 1 N–H and O–H groups in total. The SMILES string of the molecule is O=C(C1CNC1)N(CC1CC1)C1CCCCC1. The highest BCUT2D eigenvalue weighted by atomic mass is 16.2. The Bertz CT molecular complexity index is 278. The second kappa shape index (κ2) is 4.97. The van der Waals surface area contributed by atoms with Gasteiger partial charge < -0.3 is 10.2 Å². The number of hydrogen-bond acceptors (Lipinski definition) is 2. The highest BCUT2D eigenvalue weighted by Gasteiger charge is 2.36. The van der Waals surface area contributed by atoms with Crippen LogP contribution < -0.4 is 5.32 Å². The molecule has 1 amide bonds. The summed E-state index contributed by atoms with van der Waals surface area (Å²) in [6, 6.07) is 0.567. The van der Waals surface area contributed by atoms with Crippen LogP contribution in [0, 0.1) is 11.8 Å². The van der Waals surface area contributed by atoms with Gasteiger partial charge in [0, 0.05) is 25.7 Å². The molecule has 1 aliphatic heterocycles. The Kier molecular flexibility index (Phi) is 3.37. The summed E-state index contributed by atoms with van der Waals surface area (Å²) < 4.78 is 0. The third kappa shape index (κ3) is 2.65. The zero-order valence-corrected chi connectivity index (χ0v) is 10.7. The minimum Gasteiger partial charge on any atom is -0.339 e. The van der Waals surface area contributed by atoms with Crippen LogP contribution in [0.25, 0.3) is 0 Å². The van der Waals surface area contributed by atoms with Crippen LogP contribution in [-0.4, -0.2) is 36.5 Å². The van der Waals surface area contributed by atoms with Crippen molar-refractivity contribution in [2.24, 2.45) is 11.8 Å². The van der Waals surface area contributed by atoms with Crippen molar-refractivity contribution in [1.82, 2.24) is 10.2 Å². The van der Waals surface area contributed by atoms with E-state index in [9.17, 15) is 4.79 Å². The van der Waals surface area contributed by atoms with Gasteiger partial charge in [-0.25, -0.2) is 0 Å². The van der Waals surface area contributed by atoms with E-state index in [0.717, 1.165) is 25.6 Å². The molecule has 3 fully saturated rings. The normalized spacial score (nSPS) is 26.6. The van der Waals surface area contributed by atoms with Crippen molar-refractivity contribution in [2.45, 2.75) is 51.0 Å². The van der Waals surface area contributed by atoms with E-state index in [2.05, 4.69) is 10.2 Å². The lowest BCUT2D eigenvalue weighted by Gasteiger charge is -2.39. The molecule has 0 unspecified atom stereocenters. The van der Waals surface area contributed by atoms with Crippen LogP contribution in [0.2, 0.25) is 0 Å². The highest BCUT2D eigenvalue weighted by molar-refractivity contribution is 5.80. The first-order valence-corrected chi connectivity index (χ1v) is 7.36. The van der Waals surface area contributed by atoms with Gasteiger partial charge in [-0.1, -0.05) is 19.3 Å². The minimum atomic E-state index is 0.288. The second-order valence-electron chi connectivity index (χ2n) is 6.08. The van der Waals surface area contributed by atoms with Gasteiger partial charge >= 0.3 is 0 Å². The summed E-state index contributed by atoms with van der Waals surface area (Å²) >= 11 is 0. The lowest BCUT2D eigenvalue weighted by atomic mass is 9.92. The van der Waals surface area contributed by atoms with Crippen LogP contribution in [0.5, 0.6) is 0 Å². The van der Waals surface area contributed by atoms with Crippen molar-refractivity contribution in [1.29, 1.82) is 0 Å². The molecule has 1 saturated heterocycles. The summed E-state index contributed by atoms with van der Waals surface area (Å²) in [5.41, 5.74) is 0. The molecule has 1 heterocycles. The van der Waals surface area contributed by atoms with Crippen LogP contribution in [0.3, 0.4) is 0 Å². The zero-order chi connectivity index (χ0) is 11.7. The first kappa shape index (κ1) is 11.5. The molecule has 96 valence electrons. The summed E-state index contributed by atoms with van der Waals surface area (Å²) in [5, 5.41) is 3.22. The van der Waals surface area contributed by atoms with E-state index in [1.54, 1.807) is 0 Å². The van der Waals surface area contributed by atoms with Crippen LogP contribution in [0.1, 0.15) is 44.9 Å². The molecule has 0 radical (unpaired) electrons. The summed E-state index contributed by atoms with van der Waals surface area (Å²) in [6.07, 6.45) is 9.20. The molecule has 2 aliphatic carbocycles. The maximum Gasteiger partial charge on any atom is 0.228 e. The van der Waals surface area contributed by atoms with Crippen molar-refractivity contribution < 1.29 is 4.79 Å². The van der Waals surface area contributed by atoms with Gasteiger partial charge in [-0.3, -0.25) is 4.79 Å². The third-order valence-electron chi connectivity index (χ3n) is 4.58. The van der Waals surface area contributed by atoms with Gasteiger partial charge in [0.1, 0.15) is 0 Å². The molecule has 0 aromatic rings. The first-order valence-electron chi connectivity index (χ1n) is 7.36. The number of amides is 1. The molecule has 3 nitrogen and oxygen atoms in total. The molecule has 3 rings (SSSR count). The van der Waals surface area contributed by atoms with E-state index in [0.29, 0.717) is 11.9 Å². The fourth-order valence-electron chi connectivity index (χ4n) is 3.09. The van der Waals surface area contributed by atoms with Crippen molar-refractivity contribution in [3.63, 3.8) is 0 Å². The standard InChI is InChI=1S/C14H24N2O/c17-14(12-8-15-9-12)16(10-11-6-7-11)13-4-2-1-3-5-13/h11-13,15H,1-10H2. The van der Waals surface area contributed by atoms with E-state index < -0.39 is 0 Å². The molecule has 0 aromatic heterocycles. The number of nitrogens with one attached hydrogen (secondary N) is 1. The Morgan fingerprint density at radius 1 is 1.06 bits per heavy atom. The molecule has 0 bridgehead atoms. The largest absolute Gasteiger partial charge is 0.339 e. The van der Waals surface area contributed by atoms with Gasteiger partial charge in [0.2, 0.25) is 5.91 Å². The van der Waals surface area contributed by atoms with Crippen LogP contribution >= 0.6 is 0 Å². The summed E-state index contributed by atoms with van der Waals surface area (Å²) in [5.74, 6) is 1.56. The molecule has 0 spiro atoms. The Labute approximate surface area is 104 Å². The minimum absolute atomic E-state index is 0.288. The fraction of sp³-hybridized carbons (Fsp3) is 0.929. The monoisotopic (exact) mass is 236 g/mol. The quantitative estimate of drug-likeness (QED) is 0.807. The number of hydrogen-bond donors (Lipinski definition) is 1. The lowest BCUT2D eigenvalue weighted by Crippen LogP contribution is -2.55. The number of carbonyl (C=O) groups is 1. The third-order valence-corrected chi connectivity index (χ3v) is 4.58. The maximum absolute atomic E-state index is 12.5. The van der Waals surface area contributed by atoms with E-state index in [1.807, 2.05) is 0 Å². The molecular weight excluding hydrogens is 212 g/mol. The van der Waals surface area contributed by atoms with Crippen molar-refractivity contribution in [3.05, 3.63) is 0 Å². The summed E-state index contributed by atoms with van der Waals surface area (Å²) in [6.45, 7) is 2.87. The van der Waals surface area contributed by atoms with E-state index in [1.165, 1.54) is 44.9 Å². The van der Waals surface area contributed by atoms with Crippen molar-refractivity contribution in [3.8, 4) is 0 Å². The molecule has 0 atom stereocenters. The molecule has 3 aliphatic rings. The second-order valence-corrected chi connectivity index (χ2v) is 6.08. The molecular formula is C14H24N2O. The van der Waals surface area contributed by atoms with E-state index in [4.69, 9.17) is 0 Å². The Hall–Kier alpha value is -0.570. The van der Waals surface area contributed by atoms with Crippen molar-refractivity contribution >= 4 is 5.91 Å². The molecule has 17 heavy (non-hydrogen) atoms. The predicted octanol–water partition coefficient (Wildman–Crippen LogP) is 1.78. The van der Waals surface area contributed by atoms with Gasteiger partial charge in [-0.05, 0) is 31.6 Å². The first-order chi connectivity index (χ1) is 8.34. The smallest absolute Gasteiger partial charge is 0.228 e. The average molecular weight is 236 g/mol. The lowest BCUT2D eigenvalue weighted by molar-refractivity contribution is -0.140. The Morgan fingerprint density at radius 2 is 1.76 bits per heavy atom. The fourth-order valence-corrected chi connectivity index (χ4v) is 3.09. The Morgan fingerprint density at radius 3 is 2.29 bits per heavy atom. The number of rotatable bonds is 4. The van der Waals surface area contributed by atoms with Crippen molar-refractivity contribution in [2.75, 3.05) is 19.6 Å². The van der Waals surface area contributed by atoms with Gasteiger partial charge in [-0.2, -0.15) is 0 Å². The average Bonchev–Trinajstić information content (AvgIpc) is 3.08. The number of carbonyl (C=O) groups excluding carboxylic acids is 1. The molecule has 2 saturated carbocycles. The van der Waals surface area contributed by atoms with Gasteiger partial charge in [0.15, 0.2) is 0 Å². The summed E-state index contributed by atoms with van der Waals surface area (Å²) in [7, 11) is 0.